The summed E-state index contributed by atoms with van der Waals surface area (Å²) in [6, 6.07) is 10.0. The van der Waals surface area contributed by atoms with E-state index >= 15 is 0 Å². The molecule has 0 aromatic heterocycles. The minimum atomic E-state index is -1.17. The van der Waals surface area contributed by atoms with Gasteiger partial charge in [-0.1, -0.05) is 23.8 Å². The Morgan fingerprint density at radius 2 is 1.72 bits per heavy atom. The fourth-order valence-corrected chi connectivity index (χ4v) is 1.41. The lowest BCUT2D eigenvalue weighted by Gasteiger charge is -2.05. The van der Waals surface area contributed by atoms with E-state index in [1.165, 1.54) is 12.1 Å². The van der Waals surface area contributed by atoms with Gasteiger partial charge in [-0.25, -0.2) is 9.18 Å². The predicted octanol–water partition coefficient (Wildman–Crippen LogP) is 3.49. The van der Waals surface area contributed by atoms with Gasteiger partial charge in [-0.3, -0.25) is 0 Å². The number of hydrogen-bond acceptors (Lipinski definition) is 2. The van der Waals surface area contributed by atoms with E-state index in [1.807, 2.05) is 6.92 Å². The van der Waals surface area contributed by atoms with E-state index in [9.17, 15) is 13.6 Å². The zero-order chi connectivity index (χ0) is 13.1. The normalized spacial score (nSPS) is 10.2. The highest BCUT2D eigenvalue weighted by atomic mass is 19.2. The van der Waals surface area contributed by atoms with Crippen molar-refractivity contribution >= 4 is 5.97 Å². The van der Waals surface area contributed by atoms with Crippen LogP contribution < -0.4 is 4.74 Å². The molecule has 2 aromatic carbocycles. The number of aryl methyl sites for hydroxylation is 1. The Hall–Kier alpha value is -2.23. The van der Waals surface area contributed by atoms with Crippen LogP contribution in [0.15, 0.2) is 42.5 Å². The zero-order valence-corrected chi connectivity index (χ0v) is 9.61. The smallest absolute Gasteiger partial charge is 0.343 e. The second-order valence-corrected chi connectivity index (χ2v) is 3.81. The Labute approximate surface area is 103 Å². The van der Waals surface area contributed by atoms with Gasteiger partial charge in [0, 0.05) is 0 Å². The molecule has 0 heterocycles. The molecule has 4 heteroatoms. The second-order valence-electron chi connectivity index (χ2n) is 3.81. The third kappa shape index (κ3) is 2.53. The molecule has 0 aliphatic rings. The van der Waals surface area contributed by atoms with Crippen molar-refractivity contribution < 1.29 is 18.3 Å². The van der Waals surface area contributed by atoms with Crippen LogP contribution >= 0.6 is 0 Å². The molecule has 0 N–H and O–H groups in total. The number of rotatable bonds is 2. The van der Waals surface area contributed by atoms with Gasteiger partial charge in [-0.2, -0.15) is 4.39 Å². The molecule has 0 bridgehead atoms. The van der Waals surface area contributed by atoms with Gasteiger partial charge in [0.1, 0.15) is 0 Å². The van der Waals surface area contributed by atoms with Crippen molar-refractivity contribution in [1.29, 1.82) is 0 Å². The van der Waals surface area contributed by atoms with Crippen molar-refractivity contribution in [2.75, 3.05) is 0 Å². The summed E-state index contributed by atoms with van der Waals surface area (Å²) in [5.74, 6) is -3.36. The van der Waals surface area contributed by atoms with Gasteiger partial charge in [0.15, 0.2) is 11.6 Å². The summed E-state index contributed by atoms with van der Waals surface area (Å²) in [6.45, 7) is 1.88. The summed E-state index contributed by atoms with van der Waals surface area (Å²) in [5.41, 5.74) is 1.27. The lowest BCUT2D eigenvalue weighted by Crippen LogP contribution is -2.09. The van der Waals surface area contributed by atoms with Gasteiger partial charge in [0.05, 0.1) is 5.56 Å². The highest BCUT2D eigenvalue weighted by Gasteiger charge is 2.14. The average molecular weight is 248 g/mol. The largest absolute Gasteiger partial charge is 0.420 e. The van der Waals surface area contributed by atoms with Crippen LogP contribution in [-0.2, 0) is 0 Å². The molecular weight excluding hydrogens is 238 g/mol. The number of carbonyl (C=O) groups excluding carboxylic acids is 1. The number of benzene rings is 2. The van der Waals surface area contributed by atoms with Gasteiger partial charge in [-0.15, -0.1) is 0 Å². The van der Waals surface area contributed by atoms with E-state index in [0.717, 1.165) is 11.6 Å². The Balaban J connectivity index is 2.21. The minimum absolute atomic E-state index is 0.282. The van der Waals surface area contributed by atoms with Crippen LogP contribution in [0.3, 0.4) is 0 Å². The van der Waals surface area contributed by atoms with Gasteiger partial charge in [0.2, 0.25) is 5.82 Å². The van der Waals surface area contributed by atoms with E-state index < -0.39 is 23.4 Å². The SMILES string of the molecule is Cc1ccc(C(=O)Oc2cccc(F)c2F)cc1. The van der Waals surface area contributed by atoms with Crippen LogP contribution in [0.2, 0.25) is 0 Å². The first-order chi connectivity index (χ1) is 8.58. The summed E-state index contributed by atoms with van der Waals surface area (Å²) in [4.78, 5) is 11.7. The number of hydrogen-bond donors (Lipinski definition) is 0. The molecule has 0 atom stereocenters. The van der Waals surface area contributed by atoms with Crippen LogP contribution in [0.25, 0.3) is 0 Å². The third-order valence-electron chi connectivity index (χ3n) is 2.41. The maximum atomic E-state index is 13.3. The molecule has 18 heavy (non-hydrogen) atoms. The highest BCUT2D eigenvalue weighted by Crippen LogP contribution is 2.20. The molecular formula is C14H10F2O2. The average Bonchev–Trinajstić information content (AvgIpc) is 2.36. The lowest BCUT2D eigenvalue weighted by atomic mass is 10.1. The molecule has 0 spiro atoms. The monoisotopic (exact) mass is 248 g/mol. The Bertz CT molecular complexity index is 577. The van der Waals surface area contributed by atoms with Crippen molar-refractivity contribution in [3.8, 4) is 5.75 Å². The molecule has 0 aliphatic heterocycles. The van der Waals surface area contributed by atoms with Crippen LogP contribution in [0.5, 0.6) is 5.75 Å². The maximum Gasteiger partial charge on any atom is 0.343 e. The lowest BCUT2D eigenvalue weighted by molar-refractivity contribution is 0.0726. The molecule has 92 valence electrons. The summed E-state index contributed by atoms with van der Waals surface area (Å²) in [6.07, 6.45) is 0. The van der Waals surface area contributed by atoms with E-state index in [4.69, 9.17) is 4.74 Å². The molecule has 0 saturated heterocycles. The predicted molar refractivity (Wildman–Crippen MR) is 62.5 cm³/mol. The van der Waals surface area contributed by atoms with Crippen LogP contribution in [0.1, 0.15) is 15.9 Å². The summed E-state index contributed by atoms with van der Waals surface area (Å²) >= 11 is 0. The topological polar surface area (TPSA) is 26.3 Å². The molecule has 0 amide bonds. The van der Waals surface area contributed by atoms with Gasteiger partial charge in [0.25, 0.3) is 0 Å². The van der Waals surface area contributed by atoms with E-state index in [1.54, 1.807) is 24.3 Å². The van der Waals surface area contributed by atoms with E-state index in [0.29, 0.717) is 0 Å². The molecule has 2 aromatic rings. The molecule has 2 nitrogen and oxygen atoms in total. The van der Waals surface area contributed by atoms with Crippen LogP contribution in [0, 0.1) is 18.6 Å². The zero-order valence-electron chi connectivity index (χ0n) is 9.61. The van der Waals surface area contributed by atoms with Crippen molar-refractivity contribution in [1.82, 2.24) is 0 Å². The molecule has 2 rings (SSSR count). The van der Waals surface area contributed by atoms with Crippen molar-refractivity contribution in [3.63, 3.8) is 0 Å². The first kappa shape index (κ1) is 12.2. The highest BCUT2D eigenvalue weighted by molar-refractivity contribution is 5.91. The Morgan fingerprint density at radius 1 is 1.06 bits per heavy atom. The summed E-state index contributed by atoms with van der Waals surface area (Å²) in [5, 5.41) is 0. The van der Waals surface area contributed by atoms with Gasteiger partial charge < -0.3 is 4.74 Å². The number of ether oxygens (including phenoxy) is 1. The fourth-order valence-electron chi connectivity index (χ4n) is 1.41. The minimum Gasteiger partial charge on any atom is -0.420 e. The molecule has 0 radical (unpaired) electrons. The summed E-state index contributed by atoms with van der Waals surface area (Å²) in [7, 11) is 0. The van der Waals surface area contributed by atoms with Crippen molar-refractivity contribution in [2.24, 2.45) is 0 Å². The van der Waals surface area contributed by atoms with Crippen molar-refractivity contribution in [2.45, 2.75) is 6.92 Å². The second kappa shape index (κ2) is 4.96. The quantitative estimate of drug-likeness (QED) is 0.600. The molecule has 0 unspecified atom stereocenters. The Morgan fingerprint density at radius 3 is 2.39 bits per heavy atom. The van der Waals surface area contributed by atoms with Gasteiger partial charge >= 0.3 is 5.97 Å². The molecule has 0 fully saturated rings. The maximum absolute atomic E-state index is 13.3. The standard InChI is InChI=1S/C14H10F2O2/c1-9-5-7-10(8-6-9)14(17)18-12-4-2-3-11(15)13(12)16/h2-8H,1H3. The van der Waals surface area contributed by atoms with E-state index in [2.05, 4.69) is 0 Å². The number of esters is 1. The third-order valence-corrected chi connectivity index (χ3v) is 2.41. The van der Waals surface area contributed by atoms with E-state index in [-0.39, 0.29) is 5.56 Å². The molecule has 0 saturated carbocycles. The van der Waals surface area contributed by atoms with Crippen LogP contribution in [0.4, 0.5) is 8.78 Å². The fraction of sp³-hybridized carbons (Fsp3) is 0.0714. The molecule has 0 aliphatic carbocycles. The Kier molecular flexibility index (Phi) is 3.37. The summed E-state index contributed by atoms with van der Waals surface area (Å²) < 4.78 is 31.0. The first-order valence-electron chi connectivity index (χ1n) is 5.31. The first-order valence-corrected chi connectivity index (χ1v) is 5.31. The van der Waals surface area contributed by atoms with Gasteiger partial charge in [-0.05, 0) is 31.2 Å². The number of halogens is 2. The number of carbonyl (C=O) groups is 1. The van der Waals surface area contributed by atoms with Crippen molar-refractivity contribution in [3.05, 3.63) is 65.2 Å². The van der Waals surface area contributed by atoms with Crippen LogP contribution in [-0.4, -0.2) is 5.97 Å².